The van der Waals surface area contributed by atoms with Crippen molar-refractivity contribution in [3.05, 3.63) is 42.2 Å². The number of amides is 2. The molecular weight excluding hydrogens is 278 g/mol. The van der Waals surface area contributed by atoms with Gasteiger partial charge >= 0.3 is 6.03 Å². The summed E-state index contributed by atoms with van der Waals surface area (Å²) in [5, 5.41) is 2.92. The fourth-order valence-corrected chi connectivity index (χ4v) is 2.86. The number of carbonyl (C=O) groups is 1. The largest absolute Gasteiger partial charge is 0.335 e. The van der Waals surface area contributed by atoms with Crippen molar-refractivity contribution in [2.24, 2.45) is 5.92 Å². The number of nitrogens with zero attached hydrogens (tertiary/aromatic N) is 4. The number of hydrogen-bond acceptors (Lipinski definition) is 3. The number of imidazole rings is 1. The summed E-state index contributed by atoms with van der Waals surface area (Å²) in [7, 11) is 1.84. The first-order valence-corrected chi connectivity index (χ1v) is 7.56. The highest BCUT2D eigenvalue weighted by molar-refractivity contribution is 5.89. The molecule has 3 rings (SSSR count). The number of aromatic nitrogens is 3. The first kappa shape index (κ1) is 14.6. The lowest BCUT2D eigenvalue weighted by atomic mass is 9.99. The Hall–Kier alpha value is -2.37. The van der Waals surface area contributed by atoms with Gasteiger partial charge in [-0.05, 0) is 30.9 Å². The number of aryl methyl sites for hydroxylation is 2. The Balaban J connectivity index is 1.57. The lowest BCUT2D eigenvalue weighted by Crippen LogP contribution is -2.38. The normalized spacial score (nSPS) is 16.9. The minimum Gasteiger partial charge on any atom is -0.335 e. The molecule has 2 aromatic rings. The number of pyridine rings is 1. The molecule has 22 heavy (non-hydrogen) atoms. The van der Waals surface area contributed by atoms with Gasteiger partial charge in [0.25, 0.3) is 0 Å². The summed E-state index contributed by atoms with van der Waals surface area (Å²) in [6.45, 7) is 3.63. The van der Waals surface area contributed by atoms with Gasteiger partial charge in [-0.3, -0.25) is 4.98 Å². The van der Waals surface area contributed by atoms with Gasteiger partial charge in [-0.2, -0.15) is 0 Å². The van der Waals surface area contributed by atoms with Crippen molar-refractivity contribution in [2.75, 3.05) is 18.9 Å². The first-order valence-electron chi connectivity index (χ1n) is 7.56. The molecule has 6 nitrogen and oxygen atoms in total. The molecule has 6 heteroatoms. The Kier molecular flexibility index (Phi) is 4.09. The number of rotatable bonds is 3. The van der Waals surface area contributed by atoms with E-state index in [4.69, 9.17) is 0 Å². The SMILES string of the molecule is Cc1ccncc1NC(=O)N(C)C[C@@H]1CCc2nccn2C1. The second kappa shape index (κ2) is 6.17. The fourth-order valence-electron chi connectivity index (χ4n) is 2.86. The van der Waals surface area contributed by atoms with E-state index in [2.05, 4.69) is 19.9 Å². The summed E-state index contributed by atoms with van der Waals surface area (Å²) in [6, 6.07) is 1.80. The van der Waals surface area contributed by atoms with E-state index in [1.165, 1.54) is 0 Å². The Morgan fingerprint density at radius 2 is 2.36 bits per heavy atom. The molecule has 2 amide bonds. The van der Waals surface area contributed by atoms with Crippen LogP contribution in [-0.4, -0.2) is 39.1 Å². The number of urea groups is 1. The lowest BCUT2D eigenvalue weighted by molar-refractivity contribution is 0.205. The van der Waals surface area contributed by atoms with Crippen LogP contribution in [0, 0.1) is 12.8 Å². The van der Waals surface area contributed by atoms with E-state index in [0.29, 0.717) is 5.92 Å². The summed E-state index contributed by atoms with van der Waals surface area (Å²) in [6.07, 6.45) is 9.31. The third kappa shape index (κ3) is 3.10. The van der Waals surface area contributed by atoms with Crippen molar-refractivity contribution >= 4 is 11.7 Å². The summed E-state index contributed by atoms with van der Waals surface area (Å²) in [5.41, 5.74) is 1.78. The smallest absolute Gasteiger partial charge is 0.321 e. The van der Waals surface area contributed by atoms with Crippen LogP contribution in [0.1, 0.15) is 17.8 Å². The second-order valence-corrected chi connectivity index (χ2v) is 5.90. The van der Waals surface area contributed by atoms with E-state index < -0.39 is 0 Å². The Bertz CT molecular complexity index is 666. The minimum atomic E-state index is -0.0903. The van der Waals surface area contributed by atoms with Crippen LogP contribution in [0.15, 0.2) is 30.9 Å². The second-order valence-electron chi connectivity index (χ2n) is 5.90. The van der Waals surface area contributed by atoms with Crippen molar-refractivity contribution in [2.45, 2.75) is 26.3 Å². The number of nitrogens with one attached hydrogen (secondary N) is 1. The van der Waals surface area contributed by atoms with Crippen LogP contribution >= 0.6 is 0 Å². The molecule has 2 aromatic heterocycles. The first-order chi connectivity index (χ1) is 10.6. The zero-order valence-electron chi connectivity index (χ0n) is 13.0. The van der Waals surface area contributed by atoms with Crippen molar-refractivity contribution in [1.29, 1.82) is 0 Å². The van der Waals surface area contributed by atoms with Crippen LogP contribution in [0.5, 0.6) is 0 Å². The van der Waals surface area contributed by atoms with Crippen LogP contribution in [-0.2, 0) is 13.0 Å². The maximum atomic E-state index is 12.3. The monoisotopic (exact) mass is 299 g/mol. The lowest BCUT2D eigenvalue weighted by Gasteiger charge is -2.28. The molecule has 0 saturated heterocycles. The molecule has 116 valence electrons. The quantitative estimate of drug-likeness (QED) is 0.946. The fraction of sp³-hybridized carbons (Fsp3) is 0.438. The van der Waals surface area contributed by atoms with Crippen molar-refractivity contribution in [3.63, 3.8) is 0 Å². The molecule has 0 aliphatic carbocycles. The highest BCUT2D eigenvalue weighted by atomic mass is 16.2. The molecule has 0 radical (unpaired) electrons. The topological polar surface area (TPSA) is 63.1 Å². The highest BCUT2D eigenvalue weighted by Gasteiger charge is 2.22. The third-order valence-corrected chi connectivity index (χ3v) is 4.19. The molecule has 0 aromatic carbocycles. The molecule has 1 aliphatic heterocycles. The van der Waals surface area contributed by atoms with Gasteiger partial charge in [0, 0.05) is 45.1 Å². The molecule has 0 fully saturated rings. The Morgan fingerprint density at radius 3 is 3.18 bits per heavy atom. The van der Waals surface area contributed by atoms with Crippen molar-refractivity contribution < 1.29 is 4.79 Å². The van der Waals surface area contributed by atoms with E-state index in [-0.39, 0.29) is 6.03 Å². The zero-order chi connectivity index (χ0) is 15.5. The maximum Gasteiger partial charge on any atom is 0.321 e. The number of fused-ring (bicyclic) bond motifs is 1. The minimum absolute atomic E-state index is 0.0903. The predicted octanol–water partition coefficient (Wildman–Crippen LogP) is 2.31. The van der Waals surface area contributed by atoms with Gasteiger partial charge in [-0.25, -0.2) is 9.78 Å². The van der Waals surface area contributed by atoms with E-state index in [0.717, 1.165) is 43.0 Å². The van der Waals surface area contributed by atoms with Crippen LogP contribution in [0.25, 0.3) is 0 Å². The molecule has 0 bridgehead atoms. The number of anilines is 1. The number of carbonyl (C=O) groups excluding carboxylic acids is 1. The van der Waals surface area contributed by atoms with Gasteiger partial charge in [0.2, 0.25) is 0 Å². The Morgan fingerprint density at radius 1 is 1.50 bits per heavy atom. The number of hydrogen-bond donors (Lipinski definition) is 1. The average molecular weight is 299 g/mol. The molecular formula is C16H21N5O. The van der Waals surface area contributed by atoms with Crippen LogP contribution < -0.4 is 5.32 Å². The third-order valence-electron chi connectivity index (χ3n) is 4.19. The van der Waals surface area contributed by atoms with Crippen molar-refractivity contribution in [1.82, 2.24) is 19.4 Å². The summed E-state index contributed by atoms with van der Waals surface area (Å²) < 4.78 is 2.19. The van der Waals surface area contributed by atoms with Gasteiger partial charge in [-0.15, -0.1) is 0 Å². The van der Waals surface area contributed by atoms with Crippen LogP contribution in [0.3, 0.4) is 0 Å². The van der Waals surface area contributed by atoms with E-state index in [1.807, 2.05) is 32.4 Å². The molecule has 3 heterocycles. The van der Waals surface area contributed by atoms with Gasteiger partial charge in [0.05, 0.1) is 11.9 Å². The summed E-state index contributed by atoms with van der Waals surface area (Å²) in [4.78, 5) is 22.4. The maximum absolute atomic E-state index is 12.3. The zero-order valence-corrected chi connectivity index (χ0v) is 13.0. The van der Waals surface area contributed by atoms with Gasteiger partial charge in [0.15, 0.2) is 0 Å². The summed E-state index contributed by atoms with van der Waals surface area (Å²) >= 11 is 0. The van der Waals surface area contributed by atoms with Crippen molar-refractivity contribution in [3.8, 4) is 0 Å². The summed E-state index contributed by atoms with van der Waals surface area (Å²) in [5.74, 6) is 1.61. The van der Waals surface area contributed by atoms with E-state index in [9.17, 15) is 4.79 Å². The van der Waals surface area contributed by atoms with E-state index >= 15 is 0 Å². The van der Waals surface area contributed by atoms with Crippen LogP contribution in [0.4, 0.5) is 10.5 Å². The average Bonchev–Trinajstić information content (AvgIpc) is 2.97. The Labute approximate surface area is 130 Å². The predicted molar refractivity (Wildman–Crippen MR) is 84.7 cm³/mol. The van der Waals surface area contributed by atoms with Gasteiger partial charge < -0.3 is 14.8 Å². The molecule has 1 atom stereocenters. The molecule has 0 spiro atoms. The molecule has 1 N–H and O–H groups in total. The molecule has 1 aliphatic rings. The standard InChI is InChI=1S/C16H21N5O/c1-12-5-6-17-9-14(12)19-16(22)20(2)10-13-3-4-15-18-7-8-21(15)11-13/h5-9,13H,3-4,10-11H2,1-2H3,(H,19,22)/t13-/m0/s1. The van der Waals surface area contributed by atoms with Gasteiger partial charge in [-0.1, -0.05) is 0 Å². The molecule has 0 saturated carbocycles. The highest BCUT2D eigenvalue weighted by Crippen LogP contribution is 2.20. The molecule has 0 unspecified atom stereocenters. The van der Waals surface area contributed by atoms with E-state index in [1.54, 1.807) is 17.3 Å². The van der Waals surface area contributed by atoms with Crippen LogP contribution in [0.2, 0.25) is 0 Å². The van der Waals surface area contributed by atoms with Gasteiger partial charge in [0.1, 0.15) is 5.82 Å².